The lowest BCUT2D eigenvalue weighted by Crippen LogP contribution is -2.35. The second-order valence-electron chi connectivity index (χ2n) is 18.5. The van der Waals surface area contributed by atoms with E-state index in [0.717, 1.165) is 70.6 Å². The standard InChI is InChI=1S/C25H28FN5O3.C21H21ClN4O3.C6H12.ClH/c1-16-10-23(32)29-22-3-2-19(12-20(16)22)28-25(33)21-11-17(14-30-6-8-34-9-7-30)13-27-24(21)31-5-4-18(26)15-31;1-13-8-19(27)25-18-3-2-15(10-16(13)18)24-21(28)17-9-14(11-23-20(17)22)12-26-4-6-29-7-5-26;1-6-4-2-3-5-6;/h2-3,10-13,18H,4-9,14-15H2,1H3,(H,28,33)(H,29,32);2-3,8-11H,4-7,12H2,1H3,(H,24,28)(H,25,27);6H,2-5H2,1H3;1H. The number of nitrogens with one attached hydrogen (secondary N) is 4. The first-order valence-electron chi connectivity index (χ1n) is 23.9. The Bertz CT molecular complexity index is 2900. The van der Waals surface area contributed by atoms with Crippen molar-refractivity contribution in [1.82, 2.24) is 29.7 Å². The van der Waals surface area contributed by atoms with E-state index in [1.165, 1.54) is 37.8 Å². The zero-order chi connectivity index (χ0) is 48.4. The first kappa shape index (κ1) is 52.1. The summed E-state index contributed by atoms with van der Waals surface area (Å²) in [5, 5.41) is 7.74. The van der Waals surface area contributed by atoms with Crippen LogP contribution in [0.15, 0.2) is 82.6 Å². The molecule has 4 fully saturated rings. The van der Waals surface area contributed by atoms with Gasteiger partial charge in [-0.05, 0) is 97.0 Å². The minimum Gasteiger partial charge on any atom is -0.379 e. The molecule has 2 aromatic carbocycles. The highest BCUT2D eigenvalue weighted by Gasteiger charge is 2.28. The van der Waals surface area contributed by atoms with Gasteiger partial charge in [0.15, 0.2) is 0 Å². The molecule has 1 saturated carbocycles. The molecule has 10 rings (SSSR count). The summed E-state index contributed by atoms with van der Waals surface area (Å²) in [7, 11) is 0. The average Bonchev–Trinajstić information content (AvgIpc) is 4.01. The van der Waals surface area contributed by atoms with Crippen molar-refractivity contribution >= 4 is 74.8 Å². The Kier molecular flexibility index (Phi) is 18.1. The molecule has 4 N–H and O–H groups in total. The number of benzene rings is 2. The Hall–Kier alpha value is -5.75. The third kappa shape index (κ3) is 13.8. The molecule has 0 bridgehead atoms. The van der Waals surface area contributed by atoms with Crippen LogP contribution < -0.4 is 26.7 Å². The first-order chi connectivity index (χ1) is 33.3. The number of alkyl halides is 1. The fourth-order valence-electron chi connectivity index (χ4n) is 9.22. The molecule has 372 valence electrons. The molecule has 1 atom stereocenters. The van der Waals surface area contributed by atoms with E-state index in [-0.39, 0.29) is 47.0 Å². The summed E-state index contributed by atoms with van der Waals surface area (Å²) in [5.74, 6) is 0.928. The quantitative estimate of drug-likeness (QED) is 0.102. The summed E-state index contributed by atoms with van der Waals surface area (Å²) in [5.41, 5.74) is 6.63. The van der Waals surface area contributed by atoms with E-state index in [2.05, 4.69) is 47.3 Å². The number of amides is 2. The van der Waals surface area contributed by atoms with Crippen LogP contribution in [0.3, 0.4) is 0 Å². The summed E-state index contributed by atoms with van der Waals surface area (Å²) in [6, 6.07) is 17.4. The number of rotatable bonds is 9. The van der Waals surface area contributed by atoms with E-state index >= 15 is 0 Å². The summed E-state index contributed by atoms with van der Waals surface area (Å²) in [6.07, 6.45) is 8.94. The number of morpholine rings is 2. The van der Waals surface area contributed by atoms with E-state index in [4.69, 9.17) is 21.1 Å². The van der Waals surface area contributed by atoms with Crippen LogP contribution in [0, 0.1) is 19.8 Å². The van der Waals surface area contributed by atoms with E-state index in [9.17, 15) is 23.6 Å². The molecular formula is C52H62Cl2FN9O6. The molecule has 0 radical (unpaired) electrons. The summed E-state index contributed by atoms with van der Waals surface area (Å²) in [6.45, 7) is 14.4. The molecule has 7 heterocycles. The molecule has 0 spiro atoms. The van der Waals surface area contributed by atoms with E-state index < -0.39 is 6.17 Å². The van der Waals surface area contributed by atoms with Crippen molar-refractivity contribution in [2.24, 2.45) is 5.92 Å². The third-order valence-electron chi connectivity index (χ3n) is 13.0. The summed E-state index contributed by atoms with van der Waals surface area (Å²) in [4.78, 5) is 70.3. The Morgan fingerprint density at radius 3 is 1.66 bits per heavy atom. The Morgan fingerprint density at radius 1 is 0.700 bits per heavy atom. The fourth-order valence-corrected chi connectivity index (χ4v) is 9.41. The van der Waals surface area contributed by atoms with Crippen molar-refractivity contribution < 1.29 is 23.5 Å². The van der Waals surface area contributed by atoms with Gasteiger partial charge in [0, 0.05) is 104 Å². The van der Waals surface area contributed by atoms with Crippen molar-refractivity contribution in [3.63, 3.8) is 0 Å². The van der Waals surface area contributed by atoms with E-state index in [0.29, 0.717) is 86.3 Å². The minimum atomic E-state index is -0.920. The summed E-state index contributed by atoms with van der Waals surface area (Å²) < 4.78 is 24.7. The zero-order valence-corrected chi connectivity index (χ0v) is 41.5. The maximum absolute atomic E-state index is 13.9. The van der Waals surface area contributed by atoms with Gasteiger partial charge in [0.2, 0.25) is 11.1 Å². The highest BCUT2D eigenvalue weighted by molar-refractivity contribution is 6.33. The van der Waals surface area contributed by atoms with Gasteiger partial charge < -0.3 is 35.0 Å². The molecule has 3 aliphatic heterocycles. The van der Waals surface area contributed by atoms with Gasteiger partial charge >= 0.3 is 0 Å². The SMILES string of the molecule is CC1CCCC1.Cc1cc(=O)[nH]c2ccc(NC(=O)c3cc(CN4CCOCC4)cnc3Cl)cc12.Cc1cc(=O)[nH]c2ccc(NC(=O)c3cc(CN4CCOCC4)cnc3N3CCC(F)C3)cc12.Cl. The number of carbonyl (C=O) groups excluding carboxylic acids is 2. The van der Waals surface area contributed by atoms with Gasteiger partial charge in [0.25, 0.3) is 11.8 Å². The van der Waals surface area contributed by atoms with Crippen LogP contribution in [-0.4, -0.2) is 113 Å². The van der Waals surface area contributed by atoms with Gasteiger partial charge in [0.05, 0.1) is 44.1 Å². The van der Waals surface area contributed by atoms with Crippen LogP contribution in [0.4, 0.5) is 21.6 Å². The highest BCUT2D eigenvalue weighted by atomic mass is 35.5. The lowest BCUT2D eigenvalue weighted by atomic mass is 10.1. The number of nitrogens with zero attached hydrogens (tertiary/aromatic N) is 5. The number of carbonyl (C=O) groups is 2. The summed E-state index contributed by atoms with van der Waals surface area (Å²) >= 11 is 6.19. The molecule has 70 heavy (non-hydrogen) atoms. The monoisotopic (exact) mass is 997 g/mol. The molecule has 18 heteroatoms. The van der Waals surface area contributed by atoms with E-state index in [1.54, 1.807) is 42.7 Å². The number of anilines is 3. The number of aromatic nitrogens is 4. The smallest absolute Gasteiger partial charge is 0.259 e. The number of aryl methyl sites for hydroxylation is 2. The van der Waals surface area contributed by atoms with Crippen LogP contribution in [0.25, 0.3) is 21.8 Å². The van der Waals surface area contributed by atoms with Crippen LogP contribution in [0.5, 0.6) is 0 Å². The molecule has 1 aliphatic carbocycles. The number of halogens is 3. The zero-order valence-electron chi connectivity index (χ0n) is 40.0. The number of ether oxygens (including phenoxy) is 2. The van der Waals surface area contributed by atoms with Gasteiger partial charge in [-0.25, -0.2) is 14.4 Å². The Labute approximate surface area is 417 Å². The molecule has 4 aromatic heterocycles. The van der Waals surface area contributed by atoms with Crippen LogP contribution >= 0.6 is 24.0 Å². The van der Waals surface area contributed by atoms with E-state index in [1.807, 2.05) is 36.9 Å². The van der Waals surface area contributed by atoms with Gasteiger partial charge in [0.1, 0.15) is 17.1 Å². The fraction of sp³-hybridized carbons (Fsp3) is 0.423. The van der Waals surface area contributed by atoms with Crippen molar-refractivity contribution in [3.05, 3.63) is 132 Å². The molecule has 3 saturated heterocycles. The number of pyridine rings is 4. The van der Waals surface area contributed by atoms with Gasteiger partial charge in [-0.15, -0.1) is 12.4 Å². The predicted molar refractivity (Wildman–Crippen MR) is 277 cm³/mol. The highest BCUT2D eigenvalue weighted by Crippen LogP contribution is 2.28. The lowest BCUT2D eigenvalue weighted by Gasteiger charge is -2.27. The topological polar surface area (TPSA) is 178 Å². The van der Waals surface area contributed by atoms with Crippen LogP contribution in [-0.2, 0) is 22.6 Å². The van der Waals surface area contributed by atoms with Crippen LogP contribution in [0.1, 0.15) is 82.0 Å². The molecule has 6 aromatic rings. The molecule has 1 unspecified atom stereocenters. The van der Waals surface area contributed by atoms with Crippen molar-refractivity contribution in [3.8, 4) is 0 Å². The van der Waals surface area contributed by atoms with Gasteiger partial charge in [-0.1, -0.05) is 44.2 Å². The Morgan fingerprint density at radius 2 is 1.19 bits per heavy atom. The van der Waals surface area contributed by atoms with Crippen molar-refractivity contribution in [1.29, 1.82) is 0 Å². The van der Waals surface area contributed by atoms with Gasteiger partial charge in [-0.2, -0.15) is 0 Å². The third-order valence-corrected chi connectivity index (χ3v) is 13.3. The maximum atomic E-state index is 13.9. The number of fused-ring (bicyclic) bond motifs is 2. The Balaban J connectivity index is 0.000000183. The number of aromatic amines is 2. The maximum Gasteiger partial charge on any atom is 0.259 e. The number of hydrogen-bond donors (Lipinski definition) is 4. The largest absolute Gasteiger partial charge is 0.379 e. The molecule has 2 amide bonds. The lowest BCUT2D eigenvalue weighted by molar-refractivity contribution is 0.0341. The van der Waals surface area contributed by atoms with Gasteiger partial charge in [-0.3, -0.25) is 29.0 Å². The van der Waals surface area contributed by atoms with Crippen LogP contribution in [0.2, 0.25) is 5.15 Å². The number of hydrogen-bond acceptors (Lipinski definition) is 11. The number of H-pyrrole nitrogens is 2. The first-order valence-corrected chi connectivity index (χ1v) is 24.3. The molecule has 4 aliphatic rings. The second kappa shape index (κ2) is 24.4. The molecule has 15 nitrogen and oxygen atoms in total. The van der Waals surface area contributed by atoms with Crippen molar-refractivity contribution in [2.45, 2.75) is 72.1 Å². The second-order valence-corrected chi connectivity index (χ2v) is 18.8. The minimum absolute atomic E-state index is 0. The molecular weight excluding hydrogens is 937 g/mol. The average molecular weight is 999 g/mol. The normalized spacial score (nSPS) is 17.6. The predicted octanol–water partition coefficient (Wildman–Crippen LogP) is 8.45. The van der Waals surface area contributed by atoms with Crippen molar-refractivity contribution in [2.75, 3.05) is 81.2 Å².